The number of fused-ring (bicyclic) bond motifs is 2. The molecule has 0 saturated carbocycles. The number of carbonyl (C=O) groups is 1. The molecule has 2 aliphatic heterocycles. The minimum Gasteiger partial charge on any atom is -0.365 e. The van der Waals surface area contributed by atoms with Crippen LogP contribution in [0.15, 0.2) is 22.7 Å². The first-order valence-electron chi connectivity index (χ1n) is 6.52. The van der Waals surface area contributed by atoms with Crippen LogP contribution in [0.25, 0.3) is 0 Å². The molecule has 0 radical (unpaired) electrons. The highest BCUT2D eigenvalue weighted by Crippen LogP contribution is 2.41. The standard InChI is InChI=1S/C14H13BrF3NO/c15-9-3-8(14(16,17)18)4-12(5-9)19-10-1-2-11(19)7-13(20)6-10/h3-5,10-11H,1-2,6-7H2. The minimum atomic E-state index is -4.36. The van der Waals surface area contributed by atoms with Crippen LogP contribution in [0.3, 0.4) is 0 Å². The number of rotatable bonds is 1. The van der Waals surface area contributed by atoms with Gasteiger partial charge in [0.2, 0.25) is 0 Å². The number of hydrogen-bond donors (Lipinski definition) is 0. The zero-order chi connectivity index (χ0) is 14.5. The maximum atomic E-state index is 12.9. The van der Waals surface area contributed by atoms with E-state index in [0.29, 0.717) is 23.0 Å². The van der Waals surface area contributed by atoms with E-state index in [4.69, 9.17) is 0 Å². The van der Waals surface area contributed by atoms with Gasteiger partial charge in [-0.05, 0) is 31.0 Å². The fourth-order valence-electron chi connectivity index (χ4n) is 3.28. The van der Waals surface area contributed by atoms with Crippen molar-refractivity contribution in [3.63, 3.8) is 0 Å². The van der Waals surface area contributed by atoms with Gasteiger partial charge in [0.1, 0.15) is 5.78 Å². The highest BCUT2D eigenvalue weighted by atomic mass is 79.9. The van der Waals surface area contributed by atoms with Gasteiger partial charge in [0, 0.05) is 35.1 Å². The van der Waals surface area contributed by atoms with Crippen LogP contribution in [-0.2, 0) is 11.0 Å². The van der Waals surface area contributed by atoms with Crippen molar-refractivity contribution in [2.45, 2.75) is 43.9 Å². The second-order valence-electron chi connectivity index (χ2n) is 5.44. The summed E-state index contributed by atoms with van der Waals surface area (Å²) >= 11 is 3.15. The van der Waals surface area contributed by atoms with E-state index in [0.717, 1.165) is 18.9 Å². The summed E-state index contributed by atoms with van der Waals surface area (Å²) in [5, 5.41) is 0. The van der Waals surface area contributed by atoms with Crippen molar-refractivity contribution in [1.29, 1.82) is 0 Å². The zero-order valence-electron chi connectivity index (χ0n) is 10.6. The lowest BCUT2D eigenvalue weighted by Gasteiger charge is -2.36. The zero-order valence-corrected chi connectivity index (χ0v) is 12.2. The van der Waals surface area contributed by atoms with Gasteiger partial charge < -0.3 is 4.90 Å². The van der Waals surface area contributed by atoms with Crippen molar-refractivity contribution in [3.05, 3.63) is 28.2 Å². The van der Waals surface area contributed by atoms with E-state index >= 15 is 0 Å². The minimum absolute atomic E-state index is 0.0524. The molecule has 2 saturated heterocycles. The molecule has 1 aromatic rings. The van der Waals surface area contributed by atoms with Crippen LogP contribution in [-0.4, -0.2) is 17.9 Å². The lowest BCUT2D eigenvalue weighted by Crippen LogP contribution is -2.43. The van der Waals surface area contributed by atoms with Gasteiger partial charge in [0.05, 0.1) is 5.56 Å². The highest BCUT2D eigenvalue weighted by Gasteiger charge is 2.41. The molecule has 2 fully saturated rings. The Kier molecular flexibility index (Phi) is 3.31. The van der Waals surface area contributed by atoms with E-state index in [1.54, 1.807) is 6.07 Å². The predicted molar refractivity (Wildman–Crippen MR) is 72.7 cm³/mol. The Morgan fingerprint density at radius 1 is 1.10 bits per heavy atom. The molecule has 0 N–H and O–H groups in total. The molecule has 108 valence electrons. The third-order valence-electron chi connectivity index (χ3n) is 4.05. The molecule has 0 spiro atoms. The lowest BCUT2D eigenvalue weighted by atomic mass is 10.00. The second kappa shape index (κ2) is 4.76. The number of carbonyl (C=O) groups excluding carboxylic acids is 1. The first-order chi connectivity index (χ1) is 9.34. The fraction of sp³-hybridized carbons (Fsp3) is 0.500. The highest BCUT2D eigenvalue weighted by molar-refractivity contribution is 9.10. The number of Topliss-reactive ketones (excluding diaryl/α,β-unsaturated/α-hetero) is 1. The van der Waals surface area contributed by atoms with Crippen LogP contribution >= 0.6 is 15.9 Å². The summed E-state index contributed by atoms with van der Waals surface area (Å²) in [7, 11) is 0. The SMILES string of the molecule is O=C1CC2CCC(C1)N2c1cc(Br)cc(C(F)(F)F)c1. The topological polar surface area (TPSA) is 20.3 Å². The van der Waals surface area contributed by atoms with Gasteiger partial charge in [0.25, 0.3) is 0 Å². The Labute approximate surface area is 123 Å². The van der Waals surface area contributed by atoms with Crippen molar-refractivity contribution < 1.29 is 18.0 Å². The van der Waals surface area contributed by atoms with E-state index in [9.17, 15) is 18.0 Å². The Morgan fingerprint density at radius 2 is 1.70 bits per heavy atom. The van der Waals surface area contributed by atoms with E-state index in [1.165, 1.54) is 6.07 Å². The Bertz CT molecular complexity index is 542. The second-order valence-corrected chi connectivity index (χ2v) is 6.35. The van der Waals surface area contributed by atoms with Gasteiger partial charge in [0.15, 0.2) is 0 Å². The molecule has 2 nitrogen and oxygen atoms in total. The maximum absolute atomic E-state index is 12.9. The summed E-state index contributed by atoms with van der Waals surface area (Å²) < 4.78 is 39.1. The monoisotopic (exact) mass is 347 g/mol. The van der Waals surface area contributed by atoms with Gasteiger partial charge in [-0.25, -0.2) is 0 Å². The number of benzene rings is 1. The molecule has 1 aromatic carbocycles. The molecule has 0 aliphatic carbocycles. The normalized spacial score (nSPS) is 26.2. The number of halogens is 4. The molecule has 0 aromatic heterocycles. The molecule has 2 heterocycles. The molecule has 0 amide bonds. The molecule has 2 aliphatic rings. The maximum Gasteiger partial charge on any atom is 0.416 e. The summed E-state index contributed by atoms with van der Waals surface area (Å²) in [5.41, 5.74) is -0.0927. The smallest absolute Gasteiger partial charge is 0.365 e. The summed E-state index contributed by atoms with van der Waals surface area (Å²) in [5.74, 6) is 0.222. The summed E-state index contributed by atoms with van der Waals surface area (Å²) in [6.07, 6.45) is -1.70. The fourth-order valence-corrected chi connectivity index (χ4v) is 3.76. The van der Waals surface area contributed by atoms with Crippen LogP contribution in [0, 0.1) is 0 Å². The van der Waals surface area contributed by atoms with Gasteiger partial charge in [-0.15, -0.1) is 0 Å². The van der Waals surface area contributed by atoms with Crippen molar-refractivity contribution in [3.8, 4) is 0 Å². The van der Waals surface area contributed by atoms with Crippen LogP contribution in [0.5, 0.6) is 0 Å². The van der Waals surface area contributed by atoms with Crippen molar-refractivity contribution in [2.75, 3.05) is 4.90 Å². The number of nitrogens with zero attached hydrogens (tertiary/aromatic N) is 1. The number of alkyl halides is 3. The van der Waals surface area contributed by atoms with Crippen LogP contribution in [0.1, 0.15) is 31.2 Å². The van der Waals surface area contributed by atoms with Crippen LogP contribution < -0.4 is 4.90 Å². The van der Waals surface area contributed by atoms with E-state index in [-0.39, 0.29) is 17.9 Å². The average molecular weight is 348 g/mol. The van der Waals surface area contributed by atoms with E-state index in [2.05, 4.69) is 15.9 Å². The van der Waals surface area contributed by atoms with Crippen molar-refractivity contribution in [2.24, 2.45) is 0 Å². The number of piperidine rings is 1. The Balaban J connectivity index is 1.99. The quantitative estimate of drug-likeness (QED) is 0.759. The lowest BCUT2D eigenvalue weighted by molar-refractivity contribution is -0.137. The summed E-state index contributed by atoms with van der Waals surface area (Å²) in [6.45, 7) is 0. The van der Waals surface area contributed by atoms with Crippen LogP contribution in [0.2, 0.25) is 0 Å². The van der Waals surface area contributed by atoms with Gasteiger partial charge in [-0.2, -0.15) is 13.2 Å². The summed E-state index contributed by atoms with van der Waals surface area (Å²) in [6, 6.07) is 4.08. The Morgan fingerprint density at radius 3 is 2.25 bits per heavy atom. The number of anilines is 1. The predicted octanol–water partition coefficient (Wildman–Crippen LogP) is 4.17. The van der Waals surface area contributed by atoms with E-state index in [1.807, 2.05) is 4.90 Å². The molecule has 6 heteroatoms. The first-order valence-corrected chi connectivity index (χ1v) is 7.32. The molecule has 2 atom stereocenters. The molecular formula is C14H13BrF3NO. The van der Waals surface area contributed by atoms with E-state index < -0.39 is 11.7 Å². The molecular weight excluding hydrogens is 335 g/mol. The average Bonchev–Trinajstić information content (AvgIpc) is 2.60. The van der Waals surface area contributed by atoms with Gasteiger partial charge in [-0.1, -0.05) is 15.9 Å². The van der Waals surface area contributed by atoms with Crippen molar-refractivity contribution >= 4 is 27.4 Å². The van der Waals surface area contributed by atoms with Gasteiger partial charge in [-0.3, -0.25) is 4.79 Å². The third kappa shape index (κ3) is 2.45. The Hall–Kier alpha value is -1.04. The number of ketones is 1. The molecule has 2 bridgehead atoms. The third-order valence-corrected chi connectivity index (χ3v) is 4.51. The molecule has 20 heavy (non-hydrogen) atoms. The van der Waals surface area contributed by atoms with Crippen LogP contribution in [0.4, 0.5) is 18.9 Å². The summed E-state index contributed by atoms with van der Waals surface area (Å²) in [4.78, 5) is 13.6. The largest absolute Gasteiger partial charge is 0.416 e. The molecule has 3 rings (SSSR count). The number of hydrogen-bond acceptors (Lipinski definition) is 2. The molecule has 2 unspecified atom stereocenters. The first kappa shape index (κ1) is 13.9. The van der Waals surface area contributed by atoms with Gasteiger partial charge >= 0.3 is 6.18 Å². The van der Waals surface area contributed by atoms with Crippen molar-refractivity contribution in [1.82, 2.24) is 0 Å².